The zero-order chi connectivity index (χ0) is 18.5. The van der Waals surface area contributed by atoms with Crippen molar-refractivity contribution in [2.24, 2.45) is 0 Å². The smallest absolute Gasteiger partial charge is 0.271 e. The van der Waals surface area contributed by atoms with Crippen LogP contribution in [-0.2, 0) is 0 Å². The molecule has 9 heteroatoms. The number of anilines is 1. The van der Waals surface area contributed by atoms with Crippen LogP contribution in [0.4, 0.5) is 11.4 Å². The van der Waals surface area contributed by atoms with Gasteiger partial charge in [0.1, 0.15) is 0 Å². The topological polar surface area (TPSA) is 70.4 Å². The minimum Gasteiger partial charge on any atom is -0.360 e. The summed E-state index contributed by atoms with van der Waals surface area (Å²) >= 11 is 13.2. The molecule has 0 amide bonds. The molecule has 2 heterocycles. The van der Waals surface area contributed by atoms with Gasteiger partial charge in [-0.1, -0.05) is 17.7 Å². The molecule has 3 rings (SSSR count). The summed E-state index contributed by atoms with van der Waals surface area (Å²) in [5, 5.41) is 20.0. The number of nitrogens with one attached hydrogen (secondary N) is 2. The fourth-order valence-electron chi connectivity index (χ4n) is 3.02. The summed E-state index contributed by atoms with van der Waals surface area (Å²) in [5.74, 6) is 0. The van der Waals surface area contributed by atoms with Gasteiger partial charge in [0.25, 0.3) is 5.69 Å². The molecule has 1 aliphatic rings. The van der Waals surface area contributed by atoms with Crippen molar-refractivity contribution in [2.45, 2.75) is 18.9 Å². The average molecular weight is 411 g/mol. The minimum atomic E-state index is -0.460. The van der Waals surface area contributed by atoms with Crippen LogP contribution in [0.3, 0.4) is 0 Å². The highest BCUT2D eigenvalue weighted by Gasteiger charge is 2.24. The standard InChI is InChI=1S/C17H19ClN4O2S2/c18-13-6-5-12(22(23)24)10-14(13)20-17(25)19-11-15(16-4-3-9-26-16)21-7-1-2-8-21/h3-6,9-10,15H,1-2,7-8,11H2,(H2,19,20,25)/t15-/m1/s1. The van der Waals surface area contributed by atoms with Gasteiger partial charge in [0.2, 0.25) is 0 Å². The molecular formula is C17H19ClN4O2S2. The van der Waals surface area contributed by atoms with Crippen LogP contribution in [0.15, 0.2) is 35.7 Å². The molecule has 0 aliphatic carbocycles. The third-order valence-electron chi connectivity index (χ3n) is 4.32. The maximum Gasteiger partial charge on any atom is 0.271 e. The van der Waals surface area contributed by atoms with E-state index in [1.54, 1.807) is 11.3 Å². The zero-order valence-corrected chi connectivity index (χ0v) is 16.4. The van der Waals surface area contributed by atoms with Crippen molar-refractivity contribution in [3.8, 4) is 0 Å². The highest BCUT2D eigenvalue weighted by Crippen LogP contribution is 2.29. The lowest BCUT2D eigenvalue weighted by atomic mass is 10.2. The number of thiophene rings is 1. The first-order chi connectivity index (χ1) is 12.5. The summed E-state index contributed by atoms with van der Waals surface area (Å²) in [6, 6.07) is 8.70. The monoisotopic (exact) mass is 410 g/mol. The molecule has 0 saturated carbocycles. The number of benzene rings is 1. The number of hydrogen-bond donors (Lipinski definition) is 2. The van der Waals surface area contributed by atoms with E-state index < -0.39 is 4.92 Å². The highest BCUT2D eigenvalue weighted by atomic mass is 35.5. The molecule has 138 valence electrons. The van der Waals surface area contributed by atoms with Crippen LogP contribution >= 0.6 is 35.2 Å². The van der Waals surface area contributed by atoms with E-state index in [1.165, 1.54) is 35.9 Å². The van der Waals surface area contributed by atoms with E-state index in [9.17, 15) is 10.1 Å². The summed E-state index contributed by atoms with van der Waals surface area (Å²) < 4.78 is 0. The molecule has 2 N–H and O–H groups in total. The Morgan fingerprint density at radius 2 is 2.15 bits per heavy atom. The van der Waals surface area contributed by atoms with Gasteiger partial charge in [0.15, 0.2) is 5.11 Å². The predicted molar refractivity (Wildman–Crippen MR) is 110 cm³/mol. The number of thiocarbonyl (C=S) groups is 1. The molecule has 1 fully saturated rings. The van der Waals surface area contributed by atoms with Crippen LogP contribution in [0.2, 0.25) is 5.02 Å². The maximum absolute atomic E-state index is 10.9. The Bertz CT molecular complexity index is 779. The summed E-state index contributed by atoms with van der Waals surface area (Å²) in [6.45, 7) is 2.83. The Hall–Kier alpha value is -1.74. The molecular weight excluding hydrogens is 392 g/mol. The SMILES string of the molecule is O=[N+]([O-])c1ccc(Cl)c(NC(=S)NC[C@H](c2cccs2)N2CCCC2)c1. The highest BCUT2D eigenvalue weighted by molar-refractivity contribution is 7.80. The molecule has 0 spiro atoms. The summed E-state index contributed by atoms with van der Waals surface area (Å²) in [5.41, 5.74) is 0.389. The Labute approximate surface area is 166 Å². The van der Waals surface area contributed by atoms with E-state index in [-0.39, 0.29) is 11.7 Å². The second-order valence-electron chi connectivity index (χ2n) is 6.03. The molecule has 6 nitrogen and oxygen atoms in total. The zero-order valence-electron chi connectivity index (χ0n) is 14.0. The number of nitro groups is 1. The van der Waals surface area contributed by atoms with Gasteiger partial charge in [0.05, 0.1) is 21.7 Å². The van der Waals surface area contributed by atoms with Crippen LogP contribution in [0.25, 0.3) is 0 Å². The van der Waals surface area contributed by atoms with Crippen molar-refractivity contribution in [2.75, 3.05) is 25.0 Å². The molecule has 0 bridgehead atoms. The van der Waals surface area contributed by atoms with Gasteiger partial charge in [-0.2, -0.15) is 0 Å². The molecule has 0 unspecified atom stereocenters. The molecule has 1 aromatic heterocycles. The van der Waals surface area contributed by atoms with E-state index in [2.05, 4.69) is 33.0 Å². The van der Waals surface area contributed by atoms with E-state index in [0.717, 1.165) is 13.1 Å². The van der Waals surface area contributed by atoms with Crippen molar-refractivity contribution in [1.29, 1.82) is 0 Å². The fraction of sp³-hybridized carbons (Fsp3) is 0.353. The summed E-state index contributed by atoms with van der Waals surface area (Å²) in [4.78, 5) is 14.2. The molecule has 1 saturated heterocycles. The Morgan fingerprint density at radius 1 is 1.38 bits per heavy atom. The Balaban J connectivity index is 1.64. The number of likely N-dealkylation sites (tertiary alicyclic amines) is 1. The number of halogens is 1. The van der Waals surface area contributed by atoms with Crippen molar-refractivity contribution < 1.29 is 4.92 Å². The van der Waals surface area contributed by atoms with Gasteiger partial charge < -0.3 is 10.6 Å². The largest absolute Gasteiger partial charge is 0.360 e. The first kappa shape index (κ1) is 19.0. The molecule has 26 heavy (non-hydrogen) atoms. The number of hydrogen-bond acceptors (Lipinski definition) is 5. The van der Waals surface area contributed by atoms with E-state index in [4.69, 9.17) is 23.8 Å². The second kappa shape index (κ2) is 8.77. The quantitative estimate of drug-likeness (QED) is 0.417. The van der Waals surface area contributed by atoms with Crippen LogP contribution in [0, 0.1) is 10.1 Å². The normalized spacial score (nSPS) is 15.6. The lowest BCUT2D eigenvalue weighted by molar-refractivity contribution is -0.384. The number of nitrogens with zero attached hydrogens (tertiary/aromatic N) is 2. The minimum absolute atomic E-state index is 0.0340. The molecule has 1 aliphatic heterocycles. The second-order valence-corrected chi connectivity index (χ2v) is 7.83. The van der Waals surface area contributed by atoms with Crippen molar-refractivity contribution in [1.82, 2.24) is 10.2 Å². The van der Waals surface area contributed by atoms with Gasteiger partial charge in [-0.25, -0.2) is 0 Å². The first-order valence-electron chi connectivity index (χ1n) is 8.31. The summed E-state index contributed by atoms with van der Waals surface area (Å²) in [6.07, 6.45) is 2.43. The van der Waals surface area contributed by atoms with E-state index in [0.29, 0.717) is 22.4 Å². The summed E-state index contributed by atoms with van der Waals surface area (Å²) in [7, 11) is 0. The molecule has 1 aromatic carbocycles. The molecule has 1 atom stereocenters. The number of nitro benzene ring substituents is 1. The first-order valence-corrected chi connectivity index (χ1v) is 9.97. The number of non-ortho nitro benzene ring substituents is 1. The van der Waals surface area contributed by atoms with E-state index >= 15 is 0 Å². The fourth-order valence-corrected chi connectivity index (χ4v) is 4.24. The van der Waals surface area contributed by atoms with Crippen molar-refractivity contribution in [3.05, 3.63) is 55.7 Å². The van der Waals surface area contributed by atoms with Crippen LogP contribution in [0.1, 0.15) is 23.8 Å². The third-order valence-corrected chi connectivity index (χ3v) is 5.87. The lowest BCUT2D eigenvalue weighted by Gasteiger charge is -2.27. The van der Waals surface area contributed by atoms with Crippen LogP contribution in [-0.4, -0.2) is 34.6 Å². The van der Waals surface area contributed by atoms with E-state index in [1.807, 2.05) is 0 Å². The Kier molecular flexibility index (Phi) is 6.42. The third kappa shape index (κ3) is 4.70. The average Bonchev–Trinajstić information content (AvgIpc) is 3.31. The van der Waals surface area contributed by atoms with Crippen LogP contribution in [0.5, 0.6) is 0 Å². The maximum atomic E-state index is 10.9. The van der Waals surface area contributed by atoms with Gasteiger partial charge in [-0.05, 0) is 55.7 Å². The van der Waals surface area contributed by atoms with Crippen molar-refractivity contribution in [3.63, 3.8) is 0 Å². The Morgan fingerprint density at radius 3 is 2.81 bits per heavy atom. The van der Waals surface area contributed by atoms with Gasteiger partial charge in [0, 0.05) is 23.6 Å². The van der Waals surface area contributed by atoms with Crippen LogP contribution < -0.4 is 10.6 Å². The molecule has 2 aromatic rings. The number of rotatable bonds is 6. The molecule has 0 radical (unpaired) electrons. The van der Waals surface area contributed by atoms with Gasteiger partial charge >= 0.3 is 0 Å². The van der Waals surface area contributed by atoms with Gasteiger partial charge in [-0.3, -0.25) is 15.0 Å². The van der Waals surface area contributed by atoms with Gasteiger partial charge in [-0.15, -0.1) is 11.3 Å². The predicted octanol–water partition coefficient (Wildman–Crippen LogP) is 4.43. The lowest BCUT2D eigenvalue weighted by Crippen LogP contribution is -2.38. The van der Waals surface area contributed by atoms with Crippen molar-refractivity contribution >= 4 is 51.6 Å².